The topological polar surface area (TPSA) is 192 Å². The lowest BCUT2D eigenvalue weighted by Gasteiger charge is -2.37. The van der Waals surface area contributed by atoms with E-state index in [0.29, 0.717) is 0 Å². The number of amides is 2. The van der Waals surface area contributed by atoms with Gasteiger partial charge in [-0.05, 0) is 36.8 Å². The normalized spacial score (nSPS) is 16.1. The van der Waals surface area contributed by atoms with Gasteiger partial charge in [0.1, 0.15) is 26.4 Å². The van der Waals surface area contributed by atoms with Gasteiger partial charge in [0.2, 0.25) is 7.59 Å². The van der Waals surface area contributed by atoms with Crippen molar-refractivity contribution in [3.63, 3.8) is 0 Å². The first-order chi connectivity index (χ1) is 28.4. The number of carboxylic acid groups (broad SMARTS) is 1. The summed E-state index contributed by atoms with van der Waals surface area (Å²) in [7, 11) is 0. The SMILES string of the molecule is CC(C)(C)C(=O)COC(=O)C1(C(=O)OCc2ccccc2)CCN(C(=O)OCC(Cl)(Cl)Cl)CC1.O=C(OCC(Cl)(Cl)Cl)N1CCC(C(=O)O)(C(=O)OCc2ccccc2)CC1. The molecule has 2 aliphatic rings. The van der Waals surface area contributed by atoms with E-state index in [-0.39, 0.29) is 70.9 Å². The van der Waals surface area contributed by atoms with Gasteiger partial charge in [-0.1, -0.05) is 151 Å². The number of carbonyl (C=O) groups excluding carboxylic acids is 6. The number of piperidine rings is 2. The molecule has 0 aromatic heterocycles. The summed E-state index contributed by atoms with van der Waals surface area (Å²) in [4.78, 5) is 89.5. The number of alkyl halides is 6. The maximum Gasteiger partial charge on any atom is 0.409 e. The van der Waals surface area contributed by atoms with Crippen LogP contribution in [0.2, 0.25) is 0 Å². The molecule has 1 N–H and O–H groups in total. The van der Waals surface area contributed by atoms with Crippen LogP contribution in [0, 0.1) is 16.2 Å². The molecule has 0 spiro atoms. The van der Waals surface area contributed by atoms with E-state index in [9.17, 15) is 38.7 Å². The molecule has 15 nitrogen and oxygen atoms in total. The Balaban J connectivity index is 0.000000334. The second kappa shape index (κ2) is 22.6. The zero-order chi connectivity index (χ0) is 45.6. The second-order valence-electron chi connectivity index (χ2n) is 15.2. The van der Waals surface area contributed by atoms with Crippen LogP contribution in [-0.4, -0.2) is 110 Å². The average Bonchev–Trinajstić information content (AvgIpc) is 3.22. The Morgan fingerprint density at radius 2 is 0.902 bits per heavy atom. The minimum Gasteiger partial charge on any atom is -0.480 e. The third-order valence-corrected chi connectivity index (χ3v) is 10.3. The van der Waals surface area contributed by atoms with Gasteiger partial charge in [-0.25, -0.2) is 9.59 Å². The summed E-state index contributed by atoms with van der Waals surface area (Å²) in [6.07, 6.45) is -1.83. The van der Waals surface area contributed by atoms with E-state index in [2.05, 4.69) is 0 Å². The highest BCUT2D eigenvalue weighted by Gasteiger charge is 2.53. The number of ketones is 1. The molecule has 21 heteroatoms. The molecule has 4 rings (SSSR count). The number of benzene rings is 2. The van der Waals surface area contributed by atoms with Crippen molar-refractivity contribution in [2.45, 2.75) is 67.3 Å². The molecule has 2 aliphatic heterocycles. The number of Topliss-reactive ketones (excluding diaryl/α,β-unsaturated/α-hetero) is 1. The number of likely N-dealkylation sites (tertiary alicyclic amines) is 2. The Hall–Kier alpha value is -3.73. The number of carboxylic acids is 1. The quantitative estimate of drug-likeness (QED) is 0.0936. The summed E-state index contributed by atoms with van der Waals surface area (Å²) in [6, 6.07) is 17.9. The molecule has 2 saturated heterocycles. The molecule has 0 atom stereocenters. The fraction of sp³-hybridized carbons (Fsp3) is 0.525. The zero-order valence-corrected chi connectivity index (χ0v) is 38.0. The van der Waals surface area contributed by atoms with Crippen molar-refractivity contribution in [2.75, 3.05) is 46.0 Å². The zero-order valence-electron chi connectivity index (χ0n) is 33.5. The minimum absolute atomic E-state index is 0.00143. The van der Waals surface area contributed by atoms with Crippen LogP contribution in [0.15, 0.2) is 60.7 Å². The van der Waals surface area contributed by atoms with E-state index in [0.717, 1.165) is 11.1 Å². The van der Waals surface area contributed by atoms with Gasteiger partial charge in [-0.3, -0.25) is 24.0 Å². The van der Waals surface area contributed by atoms with E-state index in [4.69, 9.17) is 93.3 Å². The number of carbonyl (C=O) groups is 7. The summed E-state index contributed by atoms with van der Waals surface area (Å²) >= 11 is 33.4. The van der Waals surface area contributed by atoms with Crippen molar-refractivity contribution in [2.24, 2.45) is 16.2 Å². The molecule has 61 heavy (non-hydrogen) atoms. The minimum atomic E-state index is -1.76. The van der Waals surface area contributed by atoms with Crippen molar-refractivity contribution in [1.29, 1.82) is 0 Å². The highest BCUT2D eigenvalue weighted by molar-refractivity contribution is 6.68. The number of hydrogen-bond acceptors (Lipinski definition) is 12. The molecule has 2 heterocycles. The molecule has 0 aliphatic carbocycles. The Bertz CT molecular complexity index is 1830. The Morgan fingerprint density at radius 1 is 0.557 bits per heavy atom. The maximum atomic E-state index is 13.1. The van der Waals surface area contributed by atoms with Crippen molar-refractivity contribution < 1.29 is 62.4 Å². The van der Waals surface area contributed by atoms with Gasteiger partial charge in [0.15, 0.2) is 23.2 Å². The predicted octanol–water partition coefficient (Wildman–Crippen LogP) is 7.88. The van der Waals surface area contributed by atoms with Gasteiger partial charge in [-0.2, -0.15) is 0 Å². The van der Waals surface area contributed by atoms with Crippen LogP contribution in [0.5, 0.6) is 0 Å². The number of ether oxygens (including phenoxy) is 5. The van der Waals surface area contributed by atoms with Crippen LogP contribution in [-0.2, 0) is 60.9 Å². The fourth-order valence-electron chi connectivity index (χ4n) is 5.82. The molecule has 2 aromatic rings. The monoisotopic (exact) mass is 972 g/mol. The lowest BCUT2D eigenvalue weighted by atomic mass is 9.78. The summed E-state index contributed by atoms with van der Waals surface area (Å²) in [6.45, 7) is 3.71. The molecule has 2 aromatic carbocycles. The largest absolute Gasteiger partial charge is 0.480 e. The van der Waals surface area contributed by atoms with Crippen LogP contribution >= 0.6 is 69.6 Å². The van der Waals surface area contributed by atoms with Gasteiger partial charge in [0, 0.05) is 31.6 Å². The first-order valence-corrected chi connectivity index (χ1v) is 21.0. The van der Waals surface area contributed by atoms with E-state index in [1.807, 2.05) is 12.1 Å². The van der Waals surface area contributed by atoms with E-state index >= 15 is 0 Å². The molecular weight excluding hydrogens is 929 g/mol. The lowest BCUT2D eigenvalue weighted by Crippen LogP contribution is -2.52. The molecule has 0 radical (unpaired) electrons. The molecule has 0 unspecified atom stereocenters. The Morgan fingerprint density at radius 3 is 1.25 bits per heavy atom. The Labute approximate surface area is 383 Å². The first kappa shape index (κ1) is 51.6. The number of halogens is 6. The lowest BCUT2D eigenvalue weighted by molar-refractivity contribution is -0.178. The van der Waals surface area contributed by atoms with Crippen LogP contribution in [0.25, 0.3) is 0 Å². The smallest absolute Gasteiger partial charge is 0.409 e. The van der Waals surface area contributed by atoms with Crippen LogP contribution in [0.1, 0.15) is 57.6 Å². The van der Waals surface area contributed by atoms with Crippen LogP contribution < -0.4 is 0 Å². The third-order valence-electron chi connectivity index (χ3n) is 9.65. The molecular formula is C40H46Cl6N2O13. The van der Waals surface area contributed by atoms with Gasteiger partial charge in [0.05, 0.1) is 0 Å². The third kappa shape index (κ3) is 16.2. The fourth-order valence-corrected chi connectivity index (χ4v) is 6.14. The summed E-state index contributed by atoms with van der Waals surface area (Å²) in [5.74, 6) is -4.04. The van der Waals surface area contributed by atoms with Crippen molar-refractivity contribution in [3.8, 4) is 0 Å². The first-order valence-electron chi connectivity index (χ1n) is 18.7. The van der Waals surface area contributed by atoms with E-state index in [1.54, 1.807) is 69.3 Å². The number of aliphatic carboxylic acids is 1. The molecule has 0 saturated carbocycles. The average molecular weight is 976 g/mol. The Kier molecular flexibility index (Phi) is 19.1. The van der Waals surface area contributed by atoms with Crippen LogP contribution in [0.4, 0.5) is 9.59 Å². The number of hydrogen-bond donors (Lipinski definition) is 1. The van der Waals surface area contributed by atoms with Gasteiger partial charge in [0.25, 0.3) is 0 Å². The molecule has 2 amide bonds. The van der Waals surface area contributed by atoms with Crippen molar-refractivity contribution >= 4 is 111 Å². The molecule has 0 bridgehead atoms. The highest BCUT2D eigenvalue weighted by atomic mass is 35.6. The highest BCUT2D eigenvalue weighted by Crippen LogP contribution is 2.37. The number of nitrogens with zero attached hydrogens (tertiary/aromatic N) is 2. The number of esters is 3. The number of rotatable bonds is 12. The van der Waals surface area contributed by atoms with Gasteiger partial charge < -0.3 is 38.6 Å². The van der Waals surface area contributed by atoms with Crippen LogP contribution in [0.3, 0.4) is 0 Å². The summed E-state index contributed by atoms with van der Waals surface area (Å²) in [5, 5.41) is 9.60. The van der Waals surface area contributed by atoms with Gasteiger partial charge in [-0.15, -0.1) is 0 Å². The molecule has 2 fully saturated rings. The maximum absolute atomic E-state index is 13.1. The standard InChI is InChI=1S/C23H28Cl3NO7.C17H18Cl3NO6/c1-21(2,3)17(28)14-33-19(30)22(18(29)32-13-16-7-5-4-6-8-16)9-11-27(12-10-22)20(31)34-15-23(24,25)26;18-17(19,20)11-27-15(25)21-8-6-16(7-9-21,13(22)23)14(24)26-10-12-4-2-1-3-5-12/h4-8H,9-15H2,1-3H3;1-5H,6-11H2,(H,22,23). The van der Waals surface area contributed by atoms with E-state index in [1.165, 1.54) is 9.80 Å². The molecule has 336 valence electrons. The van der Waals surface area contributed by atoms with Crippen molar-refractivity contribution in [1.82, 2.24) is 9.80 Å². The summed E-state index contributed by atoms with van der Waals surface area (Å²) in [5.41, 5.74) is -2.59. The summed E-state index contributed by atoms with van der Waals surface area (Å²) < 4.78 is 22.2. The van der Waals surface area contributed by atoms with E-state index < -0.39 is 79.7 Å². The van der Waals surface area contributed by atoms with Crippen molar-refractivity contribution in [3.05, 3.63) is 71.8 Å². The second-order valence-corrected chi connectivity index (χ2v) is 20.2. The predicted molar refractivity (Wildman–Crippen MR) is 225 cm³/mol. The van der Waals surface area contributed by atoms with Gasteiger partial charge >= 0.3 is 36.1 Å².